The molecule has 1 aliphatic rings. The maximum absolute atomic E-state index is 12.1. The molecule has 0 unspecified atom stereocenters. The number of hydrogen-bond acceptors (Lipinski definition) is 1. The fourth-order valence-electron chi connectivity index (χ4n) is 1.31. The Morgan fingerprint density at radius 2 is 2.00 bits per heavy atom. The maximum atomic E-state index is 12.1. The van der Waals surface area contributed by atoms with Crippen molar-refractivity contribution < 1.29 is 13.2 Å². The maximum Gasteiger partial charge on any atom is 0.401 e. The van der Waals surface area contributed by atoms with Gasteiger partial charge in [-0.3, -0.25) is 4.90 Å². The predicted octanol–water partition coefficient (Wildman–Crippen LogP) is 2.81. The second-order valence-corrected chi connectivity index (χ2v) is 3.90. The summed E-state index contributed by atoms with van der Waals surface area (Å²) in [4.78, 5) is 1.41. The Kier molecular flexibility index (Phi) is 3.84. The van der Waals surface area contributed by atoms with Crippen LogP contribution in [0.1, 0.15) is 12.8 Å². The van der Waals surface area contributed by atoms with E-state index in [0.717, 1.165) is 12.8 Å². The van der Waals surface area contributed by atoms with E-state index in [0.29, 0.717) is 5.57 Å². The quantitative estimate of drug-likeness (QED) is 0.516. The van der Waals surface area contributed by atoms with Gasteiger partial charge in [0, 0.05) is 18.5 Å². The first-order valence-electron chi connectivity index (χ1n) is 4.46. The number of hydrogen-bond donors (Lipinski definition) is 0. The van der Waals surface area contributed by atoms with E-state index in [-0.39, 0.29) is 18.5 Å². The van der Waals surface area contributed by atoms with Gasteiger partial charge in [-0.1, -0.05) is 6.58 Å². The largest absolute Gasteiger partial charge is 0.401 e. The molecule has 0 bridgehead atoms. The van der Waals surface area contributed by atoms with Crippen molar-refractivity contribution in [2.45, 2.75) is 25.1 Å². The molecule has 0 N–H and O–H groups in total. The Morgan fingerprint density at radius 3 is 2.36 bits per heavy atom. The third kappa shape index (κ3) is 4.33. The molecule has 1 nitrogen and oxygen atoms in total. The monoisotopic (exact) mass is 227 g/mol. The lowest BCUT2D eigenvalue weighted by Gasteiger charge is -2.23. The molecule has 14 heavy (non-hydrogen) atoms. The molecule has 1 saturated carbocycles. The first-order valence-corrected chi connectivity index (χ1v) is 4.99. The van der Waals surface area contributed by atoms with Crippen molar-refractivity contribution in [3.63, 3.8) is 0 Å². The van der Waals surface area contributed by atoms with Crippen molar-refractivity contribution in [3.05, 3.63) is 12.2 Å². The summed E-state index contributed by atoms with van der Waals surface area (Å²) >= 11 is 5.48. The van der Waals surface area contributed by atoms with E-state index < -0.39 is 12.7 Å². The molecule has 0 heterocycles. The van der Waals surface area contributed by atoms with Gasteiger partial charge in [0.15, 0.2) is 0 Å². The van der Waals surface area contributed by atoms with E-state index in [2.05, 4.69) is 6.58 Å². The molecule has 82 valence electrons. The second-order valence-electron chi connectivity index (χ2n) is 3.63. The zero-order valence-electron chi connectivity index (χ0n) is 7.78. The molecular weight excluding hydrogens is 215 g/mol. The summed E-state index contributed by atoms with van der Waals surface area (Å²) in [6.45, 7) is 3.02. The van der Waals surface area contributed by atoms with Crippen molar-refractivity contribution >= 4 is 11.6 Å². The highest BCUT2D eigenvalue weighted by molar-refractivity contribution is 6.19. The summed E-state index contributed by atoms with van der Waals surface area (Å²) in [5.74, 6) is 0.223. The fourth-order valence-corrected chi connectivity index (χ4v) is 1.40. The van der Waals surface area contributed by atoms with Gasteiger partial charge in [0.1, 0.15) is 0 Å². The predicted molar refractivity (Wildman–Crippen MR) is 50.5 cm³/mol. The fraction of sp³-hybridized carbons (Fsp3) is 0.778. The highest BCUT2D eigenvalue weighted by Crippen LogP contribution is 2.30. The average Bonchev–Trinajstić information content (AvgIpc) is 2.82. The van der Waals surface area contributed by atoms with Crippen LogP contribution in [0.25, 0.3) is 0 Å². The highest BCUT2D eigenvalue weighted by atomic mass is 35.5. The van der Waals surface area contributed by atoms with Gasteiger partial charge in [-0.25, -0.2) is 0 Å². The summed E-state index contributed by atoms with van der Waals surface area (Å²) in [5.41, 5.74) is 0.641. The molecule has 0 aromatic rings. The SMILES string of the molecule is C=C(CCl)CN(CC(F)(F)F)C1CC1. The molecule has 1 fully saturated rings. The highest BCUT2D eigenvalue weighted by Gasteiger charge is 2.37. The molecule has 0 aromatic heterocycles. The number of nitrogens with zero attached hydrogens (tertiary/aromatic N) is 1. The van der Waals surface area contributed by atoms with Gasteiger partial charge >= 0.3 is 6.18 Å². The third-order valence-electron chi connectivity index (χ3n) is 2.06. The van der Waals surface area contributed by atoms with Crippen molar-refractivity contribution in [1.82, 2.24) is 4.90 Å². The first kappa shape index (κ1) is 11.9. The first-order chi connectivity index (χ1) is 6.42. The zero-order valence-corrected chi connectivity index (χ0v) is 8.53. The molecule has 1 aliphatic carbocycles. The van der Waals surface area contributed by atoms with Gasteiger partial charge in [-0.05, 0) is 18.4 Å². The van der Waals surface area contributed by atoms with Gasteiger partial charge < -0.3 is 0 Å². The van der Waals surface area contributed by atoms with Gasteiger partial charge in [0.2, 0.25) is 0 Å². The van der Waals surface area contributed by atoms with Gasteiger partial charge in [0.25, 0.3) is 0 Å². The minimum Gasteiger partial charge on any atom is -0.288 e. The molecule has 0 radical (unpaired) electrons. The van der Waals surface area contributed by atoms with Crippen LogP contribution in [0.15, 0.2) is 12.2 Å². The van der Waals surface area contributed by atoms with Crippen LogP contribution in [0, 0.1) is 0 Å². The van der Waals surface area contributed by atoms with Gasteiger partial charge in [-0.15, -0.1) is 11.6 Å². The average molecular weight is 228 g/mol. The summed E-state index contributed by atoms with van der Waals surface area (Å²) in [7, 11) is 0. The molecule has 1 rings (SSSR count). The lowest BCUT2D eigenvalue weighted by atomic mass is 10.3. The molecule has 0 aromatic carbocycles. The number of rotatable bonds is 5. The lowest BCUT2D eigenvalue weighted by molar-refractivity contribution is -0.146. The molecule has 0 amide bonds. The number of halogens is 4. The Bertz CT molecular complexity index is 211. The van der Waals surface area contributed by atoms with Gasteiger partial charge in [0.05, 0.1) is 6.54 Å². The Labute approximate surface area is 86.5 Å². The topological polar surface area (TPSA) is 3.24 Å². The zero-order chi connectivity index (χ0) is 10.8. The summed E-state index contributed by atoms with van der Waals surface area (Å²) < 4.78 is 36.4. The normalized spacial score (nSPS) is 17.5. The van der Waals surface area contributed by atoms with E-state index in [4.69, 9.17) is 11.6 Å². The number of alkyl halides is 4. The van der Waals surface area contributed by atoms with Crippen molar-refractivity contribution in [3.8, 4) is 0 Å². The van der Waals surface area contributed by atoms with Crippen LogP contribution < -0.4 is 0 Å². The Hall–Kier alpha value is -0.220. The van der Waals surface area contributed by atoms with Crippen LogP contribution in [0.3, 0.4) is 0 Å². The summed E-state index contributed by atoms with van der Waals surface area (Å²) in [6.07, 6.45) is -2.42. The van der Waals surface area contributed by atoms with E-state index in [1.165, 1.54) is 4.90 Å². The molecule has 0 spiro atoms. The van der Waals surface area contributed by atoms with Crippen molar-refractivity contribution in [1.29, 1.82) is 0 Å². The van der Waals surface area contributed by atoms with Crippen LogP contribution in [0.4, 0.5) is 13.2 Å². The summed E-state index contributed by atoms with van der Waals surface area (Å²) in [6, 6.07) is 0.0802. The van der Waals surface area contributed by atoms with E-state index in [1.54, 1.807) is 0 Å². The van der Waals surface area contributed by atoms with E-state index in [1.807, 2.05) is 0 Å². The standard InChI is InChI=1S/C9H13ClF3N/c1-7(4-10)5-14(8-2-3-8)6-9(11,12)13/h8H,1-6H2. The molecular formula is C9H13ClF3N. The van der Waals surface area contributed by atoms with Crippen molar-refractivity contribution in [2.75, 3.05) is 19.0 Å². The minimum absolute atomic E-state index is 0.0802. The molecule has 0 aliphatic heterocycles. The third-order valence-corrected chi connectivity index (χ3v) is 2.44. The molecule has 0 atom stereocenters. The smallest absolute Gasteiger partial charge is 0.288 e. The lowest BCUT2D eigenvalue weighted by Crippen LogP contribution is -2.37. The Balaban J connectivity index is 2.43. The van der Waals surface area contributed by atoms with Gasteiger partial charge in [-0.2, -0.15) is 13.2 Å². The summed E-state index contributed by atoms with van der Waals surface area (Å²) in [5, 5.41) is 0. The van der Waals surface area contributed by atoms with Crippen LogP contribution >= 0.6 is 11.6 Å². The molecule has 0 saturated heterocycles. The molecule has 5 heteroatoms. The minimum atomic E-state index is -4.13. The van der Waals surface area contributed by atoms with Crippen LogP contribution in [-0.4, -0.2) is 36.1 Å². The van der Waals surface area contributed by atoms with Crippen molar-refractivity contribution in [2.24, 2.45) is 0 Å². The van der Waals surface area contributed by atoms with Crippen LogP contribution in [-0.2, 0) is 0 Å². The van der Waals surface area contributed by atoms with Crippen LogP contribution in [0.5, 0.6) is 0 Å². The second kappa shape index (κ2) is 4.53. The van der Waals surface area contributed by atoms with E-state index >= 15 is 0 Å². The Morgan fingerprint density at radius 1 is 1.43 bits per heavy atom. The van der Waals surface area contributed by atoms with E-state index in [9.17, 15) is 13.2 Å². The van der Waals surface area contributed by atoms with Crippen LogP contribution in [0.2, 0.25) is 0 Å².